The van der Waals surface area contributed by atoms with Crippen LogP contribution < -0.4 is 11.2 Å². The van der Waals surface area contributed by atoms with Gasteiger partial charge in [-0.1, -0.05) is 23.7 Å². The van der Waals surface area contributed by atoms with Crippen LogP contribution in [-0.4, -0.2) is 9.55 Å². The topological polar surface area (TPSA) is 54.9 Å². The quantitative estimate of drug-likeness (QED) is 0.919. The van der Waals surface area contributed by atoms with Crippen molar-refractivity contribution in [2.24, 2.45) is 0 Å². The molecule has 6 heteroatoms. The van der Waals surface area contributed by atoms with Crippen LogP contribution in [0.25, 0.3) is 0 Å². The lowest BCUT2D eigenvalue weighted by Crippen LogP contribution is -2.35. The molecule has 0 atom stereocenters. The molecule has 0 unspecified atom stereocenters. The molecule has 0 fully saturated rings. The fourth-order valence-electron chi connectivity index (χ4n) is 1.58. The van der Waals surface area contributed by atoms with E-state index >= 15 is 0 Å². The van der Waals surface area contributed by atoms with Crippen molar-refractivity contribution in [1.82, 2.24) is 9.55 Å². The highest BCUT2D eigenvalue weighted by Crippen LogP contribution is 2.17. The van der Waals surface area contributed by atoms with E-state index in [9.17, 15) is 9.59 Å². The van der Waals surface area contributed by atoms with Crippen molar-refractivity contribution in [2.45, 2.75) is 13.5 Å². The number of nitrogens with one attached hydrogen (secondary N) is 1. The van der Waals surface area contributed by atoms with Crippen molar-refractivity contribution in [3.05, 3.63) is 65.9 Å². The summed E-state index contributed by atoms with van der Waals surface area (Å²) in [4.78, 5) is 25.9. The standard InChI is InChI=1S/C12H10BrClN2O2/c1-7-2-3-8(10(14)4-7)6-16-11(17)9(13)5-15-12(16)18/h2-5H,6H2,1H3,(H,15,18). The van der Waals surface area contributed by atoms with Crippen LogP contribution in [0.15, 0.2) is 38.5 Å². The van der Waals surface area contributed by atoms with Gasteiger partial charge in [0.25, 0.3) is 5.56 Å². The Balaban J connectivity index is 2.50. The average molecular weight is 330 g/mol. The Morgan fingerprint density at radius 3 is 2.78 bits per heavy atom. The largest absolute Gasteiger partial charge is 0.328 e. The van der Waals surface area contributed by atoms with E-state index in [-0.39, 0.29) is 12.1 Å². The van der Waals surface area contributed by atoms with E-state index in [4.69, 9.17) is 11.6 Å². The molecule has 0 aliphatic rings. The van der Waals surface area contributed by atoms with Crippen LogP contribution in [0.3, 0.4) is 0 Å². The van der Waals surface area contributed by atoms with E-state index in [1.165, 1.54) is 6.20 Å². The summed E-state index contributed by atoms with van der Waals surface area (Å²) >= 11 is 9.17. The molecule has 0 amide bonds. The molecule has 18 heavy (non-hydrogen) atoms. The molecule has 1 aromatic heterocycles. The fourth-order valence-corrected chi connectivity index (χ4v) is 2.20. The zero-order valence-corrected chi connectivity index (χ0v) is 11.9. The summed E-state index contributed by atoms with van der Waals surface area (Å²) in [5.74, 6) is 0. The van der Waals surface area contributed by atoms with Gasteiger partial charge < -0.3 is 4.98 Å². The van der Waals surface area contributed by atoms with Crippen LogP contribution in [0.5, 0.6) is 0 Å². The Morgan fingerprint density at radius 1 is 1.39 bits per heavy atom. The number of aromatic nitrogens is 2. The molecule has 2 rings (SSSR count). The number of hydrogen-bond acceptors (Lipinski definition) is 2. The molecule has 0 aliphatic carbocycles. The van der Waals surface area contributed by atoms with Gasteiger partial charge in [0, 0.05) is 11.2 Å². The van der Waals surface area contributed by atoms with Crippen molar-refractivity contribution in [3.63, 3.8) is 0 Å². The van der Waals surface area contributed by atoms with Crippen LogP contribution in [-0.2, 0) is 6.54 Å². The molecule has 0 bridgehead atoms. The maximum Gasteiger partial charge on any atom is 0.328 e. The Hall–Kier alpha value is -1.33. The van der Waals surface area contributed by atoms with Crippen molar-refractivity contribution in [3.8, 4) is 0 Å². The average Bonchev–Trinajstić information content (AvgIpc) is 2.32. The van der Waals surface area contributed by atoms with Crippen molar-refractivity contribution < 1.29 is 0 Å². The van der Waals surface area contributed by atoms with Gasteiger partial charge in [-0.2, -0.15) is 0 Å². The van der Waals surface area contributed by atoms with E-state index < -0.39 is 5.69 Å². The zero-order chi connectivity index (χ0) is 13.3. The number of aryl methyl sites for hydroxylation is 1. The van der Waals surface area contributed by atoms with Crippen LogP contribution in [0.2, 0.25) is 5.02 Å². The first-order chi connectivity index (χ1) is 8.49. The van der Waals surface area contributed by atoms with Crippen LogP contribution in [0, 0.1) is 6.92 Å². The number of nitrogens with zero attached hydrogens (tertiary/aromatic N) is 1. The summed E-state index contributed by atoms with van der Waals surface area (Å²) in [5.41, 5.74) is 0.919. The number of H-pyrrole nitrogens is 1. The first-order valence-electron chi connectivity index (χ1n) is 5.22. The van der Waals surface area contributed by atoms with E-state index in [1.807, 2.05) is 19.1 Å². The smallest absolute Gasteiger partial charge is 0.313 e. The minimum atomic E-state index is -0.458. The minimum absolute atomic E-state index is 0.146. The Labute approximate surface area is 116 Å². The van der Waals surface area contributed by atoms with Gasteiger partial charge in [0.1, 0.15) is 0 Å². The molecular weight excluding hydrogens is 320 g/mol. The summed E-state index contributed by atoms with van der Waals surface area (Å²) in [6, 6.07) is 5.50. The van der Waals surface area contributed by atoms with Gasteiger partial charge in [0.05, 0.1) is 11.0 Å². The maximum atomic E-state index is 11.8. The van der Waals surface area contributed by atoms with Gasteiger partial charge in [-0.15, -0.1) is 0 Å². The fraction of sp³-hybridized carbons (Fsp3) is 0.167. The van der Waals surface area contributed by atoms with Gasteiger partial charge >= 0.3 is 5.69 Å². The van der Waals surface area contributed by atoms with Gasteiger partial charge in [-0.25, -0.2) is 4.79 Å². The maximum absolute atomic E-state index is 11.8. The lowest BCUT2D eigenvalue weighted by molar-refractivity contribution is 0.694. The second kappa shape index (κ2) is 5.12. The van der Waals surface area contributed by atoms with Crippen LogP contribution in [0.1, 0.15) is 11.1 Å². The second-order valence-electron chi connectivity index (χ2n) is 3.93. The summed E-state index contributed by atoms with van der Waals surface area (Å²) < 4.78 is 1.41. The minimum Gasteiger partial charge on any atom is -0.313 e. The normalized spacial score (nSPS) is 10.6. The molecule has 94 valence electrons. The van der Waals surface area contributed by atoms with E-state index in [0.717, 1.165) is 15.7 Å². The molecule has 1 N–H and O–H groups in total. The molecular formula is C12H10BrClN2O2. The van der Waals surface area contributed by atoms with Crippen molar-refractivity contribution in [2.75, 3.05) is 0 Å². The molecule has 0 aliphatic heterocycles. The monoisotopic (exact) mass is 328 g/mol. The summed E-state index contributed by atoms with van der Waals surface area (Å²) in [7, 11) is 0. The highest BCUT2D eigenvalue weighted by molar-refractivity contribution is 9.10. The van der Waals surface area contributed by atoms with Crippen LogP contribution >= 0.6 is 27.5 Å². The molecule has 1 heterocycles. The predicted octanol–water partition coefficient (Wildman–Crippen LogP) is 2.31. The van der Waals surface area contributed by atoms with Crippen molar-refractivity contribution >= 4 is 27.5 Å². The first kappa shape index (κ1) is 13.1. The van der Waals surface area contributed by atoms with Gasteiger partial charge in [0.15, 0.2) is 0 Å². The lowest BCUT2D eigenvalue weighted by atomic mass is 10.1. The van der Waals surface area contributed by atoms with Crippen LogP contribution in [0.4, 0.5) is 0 Å². The second-order valence-corrected chi connectivity index (χ2v) is 5.19. The molecule has 0 saturated carbocycles. The molecule has 0 radical (unpaired) electrons. The Kier molecular flexibility index (Phi) is 3.73. The number of rotatable bonds is 2. The van der Waals surface area contributed by atoms with Gasteiger partial charge in [0.2, 0.25) is 0 Å². The molecule has 2 aromatic rings. The Morgan fingerprint density at radius 2 is 2.11 bits per heavy atom. The molecule has 1 aromatic carbocycles. The van der Waals surface area contributed by atoms with E-state index in [2.05, 4.69) is 20.9 Å². The molecule has 4 nitrogen and oxygen atoms in total. The van der Waals surface area contributed by atoms with Gasteiger partial charge in [-0.05, 0) is 40.0 Å². The third kappa shape index (κ3) is 2.57. The SMILES string of the molecule is Cc1ccc(Cn2c(=O)[nH]cc(Br)c2=O)c(Cl)c1. The summed E-state index contributed by atoms with van der Waals surface area (Å²) in [6.07, 6.45) is 1.33. The summed E-state index contributed by atoms with van der Waals surface area (Å²) in [6.45, 7) is 2.07. The van der Waals surface area contributed by atoms with Gasteiger partial charge in [-0.3, -0.25) is 9.36 Å². The third-order valence-corrected chi connectivity index (χ3v) is 3.47. The number of hydrogen-bond donors (Lipinski definition) is 1. The first-order valence-corrected chi connectivity index (χ1v) is 6.39. The third-order valence-electron chi connectivity index (χ3n) is 2.55. The van der Waals surface area contributed by atoms with E-state index in [0.29, 0.717) is 9.50 Å². The number of benzene rings is 1. The number of halogens is 2. The van der Waals surface area contributed by atoms with E-state index in [1.54, 1.807) is 6.07 Å². The lowest BCUT2D eigenvalue weighted by Gasteiger charge is -2.07. The molecule has 0 spiro atoms. The van der Waals surface area contributed by atoms with Crippen molar-refractivity contribution in [1.29, 1.82) is 0 Å². The zero-order valence-electron chi connectivity index (χ0n) is 9.54. The highest BCUT2D eigenvalue weighted by atomic mass is 79.9. The predicted molar refractivity (Wildman–Crippen MR) is 74.3 cm³/mol. The Bertz CT molecular complexity index is 706. The summed E-state index contributed by atoms with van der Waals surface area (Å²) in [5, 5.41) is 0.543. The highest BCUT2D eigenvalue weighted by Gasteiger charge is 2.08. The molecule has 0 saturated heterocycles. The number of aromatic amines is 1.